The maximum Gasteiger partial charge on any atom is 0.282 e. The number of rotatable bonds is 4. The average Bonchev–Trinajstić information content (AvgIpc) is 2.81. The summed E-state index contributed by atoms with van der Waals surface area (Å²) in [6.07, 6.45) is 2.99. The molecule has 5 rings (SSSR count). The van der Waals surface area contributed by atoms with Crippen LogP contribution < -0.4 is 21.1 Å². The first-order valence-corrected chi connectivity index (χ1v) is 11.3. The highest BCUT2D eigenvalue weighted by Crippen LogP contribution is 2.28. The van der Waals surface area contributed by atoms with E-state index in [1.54, 1.807) is 18.2 Å². The van der Waals surface area contributed by atoms with Crippen molar-refractivity contribution in [1.82, 2.24) is 25.1 Å². The highest BCUT2D eigenvalue weighted by Gasteiger charge is 2.15. The Hall–Kier alpha value is -3.20. The normalized spacial score (nSPS) is 14.0. The summed E-state index contributed by atoms with van der Waals surface area (Å²) in [5, 5.41) is 11.8. The fourth-order valence-corrected chi connectivity index (χ4v) is 4.53. The Kier molecular flexibility index (Phi) is 5.88. The molecule has 0 bridgehead atoms. The molecule has 2 N–H and O–H groups in total. The number of halogens is 2. The van der Waals surface area contributed by atoms with Crippen LogP contribution in [0.1, 0.15) is 5.56 Å². The van der Waals surface area contributed by atoms with Crippen molar-refractivity contribution in [3.8, 4) is 5.69 Å². The topological polar surface area (TPSA) is 88.0 Å². The van der Waals surface area contributed by atoms with Gasteiger partial charge in [-0.2, -0.15) is 9.78 Å². The molecule has 1 aliphatic heterocycles. The Labute approximate surface area is 200 Å². The summed E-state index contributed by atoms with van der Waals surface area (Å²) >= 11 is 12.5. The lowest BCUT2D eigenvalue weighted by Crippen LogP contribution is -2.43. The van der Waals surface area contributed by atoms with Crippen LogP contribution in [0.4, 0.5) is 17.3 Å². The molecule has 2 aromatic carbocycles. The van der Waals surface area contributed by atoms with Gasteiger partial charge in [0.1, 0.15) is 11.2 Å². The molecule has 0 unspecified atom stereocenters. The minimum absolute atomic E-state index is 0.316. The fraction of sp³-hybridized carbons (Fsp3) is 0.217. The van der Waals surface area contributed by atoms with Gasteiger partial charge in [0.15, 0.2) is 0 Å². The van der Waals surface area contributed by atoms with Crippen molar-refractivity contribution >= 4 is 51.4 Å². The van der Waals surface area contributed by atoms with Crippen molar-refractivity contribution in [2.24, 2.45) is 0 Å². The molecule has 0 aliphatic carbocycles. The number of aromatic nitrogens is 4. The van der Waals surface area contributed by atoms with E-state index in [0.29, 0.717) is 32.6 Å². The standard InChI is InChI=1S/C23H21Cl2N7O/c1-14-11-15(5-6-20(14)31-9-7-26-8-10-31)29-23-27-12-16-19(30-23)13-28-32(22(16)33)21-17(24)3-2-4-18(21)25/h2-6,11-13,26H,7-10H2,1H3,(H,27,29,30). The molecular formula is C23H21Cl2N7O. The maximum atomic E-state index is 13.0. The molecule has 1 fully saturated rings. The highest BCUT2D eigenvalue weighted by atomic mass is 35.5. The van der Waals surface area contributed by atoms with Gasteiger partial charge in [-0.1, -0.05) is 29.3 Å². The molecule has 2 aromatic heterocycles. The van der Waals surface area contributed by atoms with Crippen LogP contribution in [-0.2, 0) is 0 Å². The minimum Gasteiger partial charge on any atom is -0.369 e. The quantitative estimate of drug-likeness (QED) is 0.456. The summed E-state index contributed by atoms with van der Waals surface area (Å²) in [4.78, 5) is 24.2. The molecule has 1 saturated heterocycles. The largest absolute Gasteiger partial charge is 0.369 e. The molecule has 0 atom stereocenters. The SMILES string of the molecule is Cc1cc(Nc2ncc3c(=O)n(-c4c(Cl)cccc4Cl)ncc3n2)ccc1N1CCNCC1. The number of para-hydroxylation sites is 1. The van der Waals surface area contributed by atoms with Gasteiger partial charge in [0, 0.05) is 43.8 Å². The Morgan fingerprint density at radius 2 is 1.82 bits per heavy atom. The molecular weight excluding hydrogens is 461 g/mol. The predicted octanol–water partition coefficient (Wildman–Crippen LogP) is 3.94. The number of anilines is 3. The molecule has 0 saturated carbocycles. The highest BCUT2D eigenvalue weighted by molar-refractivity contribution is 6.37. The third-order valence-electron chi connectivity index (χ3n) is 5.60. The van der Waals surface area contributed by atoms with Crippen LogP contribution in [0.5, 0.6) is 0 Å². The summed E-state index contributed by atoms with van der Waals surface area (Å²) in [5.74, 6) is 0.381. The van der Waals surface area contributed by atoms with Gasteiger partial charge in [-0.25, -0.2) is 9.97 Å². The van der Waals surface area contributed by atoms with Crippen molar-refractivity contribution in [2.75, 3.05) is 36.4 Å². The van der Waals surface area contributed by atoms with Crippen molar-refractivity contribution in [3.05, 3.63) is 74.8 Å². The van der Waals surface area contributed by atoms with Gasteiger partial charge in [-0.15, -0.1) is 0 Å². The van der Waals surface area contributed by atoms with Crippen molar-refractivity contribution in [2.45, 2.75) is 6.92 Å². The van der Waals surface area contributed by atoms with Crippen LogP contribution in [0.15, 0.2) is 53.6 Å². The van der Waals surface area contributed by atoms with E-state index in [1.165, 1.54) is 28.3 Å². The lowest BCUT2D eigenvalue weighted by atomic mass is 10.1. The molecule has 8 nitrogen and oxygen atoms in total. The third kappa shape index (κ3) is 4.25. The van der Waals surface area contributed by atoms with Crippen LogP contribution >= 0.6 is 23.2 Å². The summed E-state index contributed by atoms with van der Waals surface area (Å²) < 4.78 is 1.17. The van der Waals surface area contributed by atoms with E-state index in [1.807, 2.05) is 6.07 Å². The number of piperazine rings is 1. The van der Waals surface area contributed by atoms with Crippen molar-refractivity contribution < 1.29 is 0 Å². The van der Waals surface area contributed by atoms with Crippen LogP contribution in [0.25, 0.3) is 16.6 Å². The van der Waals surface area contributed by atoms with Gasteiger partial charge >= 0.3 is 0 Å². The number of nitrogens with one attached hydrogen (secondary N) is 2. The maximum absolute atomic E-state index is 13.0. The lowest BCUT2D eigenvalue weighted by molar-refractivity contribution is 0.588. The zero-order chi connectivity index (χ0) is 22.9. The van der Waals surface area contributed by atoms with Gasteiger partial charge in [-0.05, 0) is 42.8 Å². The van der Waals surface area contributed by atoms with Crippen molar-refractivity contribution in [3.63, 3.8) is 0 Å². The second kappa shape index (κ2) is 8.97. The third-order valence-corrected chi connectivity index (χ3v) is 6.21. The Balaban J connectivity index is 1.43. The molecule has 33 heavy (non-hydrogen) atoms. The first-order valence-electron chi connectivity index (χ1n) is 10.5. The van der Waals surface area contributed by atoms with E-state index in [4.69, 9.17) is 23.2 Å². The van der Waals surface area contributed by atoms with E-state index in [9.17, 15) is 4.79 Å². The smallest absolute Gasteiger partial charge is 0.282 e. The Morgan fingerprint density at radius 3 is 2.55 bits per heavy atom. The van der Waals surface area contributed by atoms with Gasteiger partial charge in [0.2, 0.25) is 5.95 Å². The first-order chi connectivity index (χ1) is 16.0. The van der Waals surface area contributed by atoms with E-state index in [0.717, 1.165) is 31.9 Å². The molecule has 10 heteroatoms. The molecule has 3 heterocycles. The number of fused-ring (bicyclic) bond motifs is 1. The average molecular weight is 482 g/mol. The molecule has 168 valence electrons. The number of hydrogen-bond donors (Lipinski definition) is 2. The van der Waals surface area contributed by atoms with Gasteiger partial charge in [-0.3, -0.25) is 4.79 Å². The number of aryl methyl sites for hydroxylation is 1. The molecule has 0 radical (unpaired) electrons. The molecule has 1 aliphatic rings. The Bertz CT molecular complexity index is 1380. The zero-order valence-corrected chi connectivity index (χ0v) is 19.4. The number of benzene rings is 2. The Morgan fingerprint density at radius 1 is 1.06 bits per heavy atom. The van der Waals surface area contributed by atoms with Crippen LogP contribution in [-0.4, -0.2) is 45.9 Å². The summed E-state index contributed by atoms with van der Waals surface area (Å²) in [6.45, 7) is 6.05. The first kappa shape index (κ1) is 21.6. The second-order valence-corrected chi connectivity index (χ2v) is 8.60. The summed E-state index contributed by atoms with van der Waals surface area (Å²) in [7, 11) is 0. The predicted molar refractivity (Wildman–Crippen MR) is 132 cm³/mol. The number of hydrogen-bond acceptors (Lipinski definition) is 7. The van der Waals surface area contributed by atoms with Crippen LogP contribution in [0.3, 0.4) is 0 Å². The molecule has 0 amide bonds. The molecule has 0 spiro atoms. The van der Waals surface area contributed by atoms with Crippen LogP contribution in [0, 0.1) is 6.92 Å². The van der Waals surface area contributed by atoms with Gasteiger partial charge in [0.25, 0.3) is 5.56 Å². The number of nitrogens with zero attached hydrogens (tertiary/aromatic N) is 5. The van der Waals surface area contributed by atoms with E-state index in [-0.39, 0.29) is 0 Å². The summed E-state index contributed by atoms with van der Waals surface area (Å²) in [5.41, 5.74) is 3.62. The summed E-state index contributed by atoms with van der Waals surface area (Å²) in [6, 6.07) is 11.2. The zero-order valence-electron chi connectivity index (χ0n) is 17.8. The van der Waals surface area contributed by atoms with Crippen LogP contribution in [0.2, 0.25) is 10.0 Å². The van der Waals surface area contributed by atoms with E-state index < -0.39 is 5.56 Å². The second-order valence-electron chi connectivity index (χ2n) is 7.79. The monoisotopic (exact) mass is 481 g/mol. The van der Waals surface area contributed by atoms with Gasteiger partial charge < -0.3 is 15.5 Å². The van der Waals surface area contributed by atoms with E-state index >= 15 is 0 Å². The lowest BCUT2D eigenvalue weighted by Gasteiger charge is -2.30. The van der Waals surface area contributed by atoms with Crippen molar-refractivity contribution in [1.29, 1.82) is 0 Å². The minimum atomic E-state index is -0.398. The van der Waals surface area contributed by atoms with Gasteiger partial charge in [0.05, 0.1) is 21.6 Å². The molecule has 4 aromatic rings. The fourth-order valence-electron chi connectivity index (χ4n) is 3.97. The van der Waals surface area contributed by atoms with E-state index in [2.05, 4.69) is 49.7 Å².